The van der Waals surface area contributed by atoms with Gasteiger partial charge < -0.3 is 9.13 Å². The summed E-state index contributed by atoms with van der Waals surface area (Å²) in [5.74, 6) is 0. The lowest BCUT2D eigenvalue weighted by Crippen LogP contribution is -2.39. The van der Waals surface area contributed by atoms with E-state index in [0.29, 0.717) is 31.8 Å². The molecule has 0 unspecified atom stereocenters. The van der Waals surface area contributed by atoms with Crippen LogP contribution >= 0.6 is 37.8 Å². The molecule has 6 aromatic carbocycles. The Bertz CT molecular complexity index is 2070. The van der Waals surface area contributed by atoms with E-state index in [2.05, 4.69) is 0 Å². The molecular weight excluding hydrogens is 643 g/mol. The van der Waals surface area contributed by atoms with Crippen molar-refractivity contribution in [2.75, 3.05) is 0 Å². The third kappa shape index (κ3) is 4.89. The van der Waals surface area contributed by atoms with Gasteiger partial charge in [0, 0.05) is 41.6 Å². The zero-order valence-electron chi connectivity index (χ0n) is 24.4. The number of rotatable bonds is 6. The molecule has 1 aromatic heterocycles. The fraction of sp³-hybridized carbons (Fsp3) is 0. The molecule has 8 heteroatoms. The van der Waals surface area contributed by atoms with Crippen LogP contribution in [0.3, 0.4) is 0 Å². The first-order valence-electron chi connectivity index (χ1n) is 14.8. The van der Waals surface area contributed by atoms with E-state index >= 15 is 9.13 Å². The van der Waals surface area contributed by atoms with E-state index in [1.807, 2.05) is 158 Å². The highest BCUT2D eigenvalue weighted by molar-refractivity contribution is 8.05. The summed E-state index contributed by atoms with van der Waals surface area (Å²) in [5.41, 5.74) is 1.65. The molecule has 1 aliphatic heterocycles. The number of aromatic nitrogens is 2. The van der Waals surface area contributed by atoms with Crippen LogP contribution in [-0.4, -0.2) is 9.97 Å². The van der Waals surface area contributed by atoms with E-state index < -0.39 is 14.3 Å². The van der Waals surface area contributed by atoms with Crippen LogP contribution in [-0.2, 0) is 9.13 Å². The van der Waals surface area contributed by atoms with Crippen LogP contribution in [0.5, 0.6) is 0 Å². The van der Waals surface area contributed by atoms with Crippen molar-refractivity contribution < 1.29 is 9.13 Å². The fourth-order valence-corrected chi connectivity index (χ4v) is 14.6. The van der Waals surface area contributed by atoms with Crippen molar-refractivity contribution in [3.8, 4) is 0 Å². The number of hydrogen-bond donors (Lipinski definition) is 0. The predicted molar refractivity (Wildman–Crippen MR) is 193 cm³/mol. The van der Waals surface area contributed by atoms with Gasteiger partial charge >= 0.3 is 0 Å². The van der Waals surface area contributed by atoms with Gasteiger partial charge in [-0.25, -0.2) is 9.97 Å². The summed E-state index contributed by atoms with van der Waals surface area (Å²) in [4.78, 5) is 11.7. The molecule has 0 N–H and O–H groups in total. The Hall–Kier alpha value is -4.18. The van der Waals surface area contributed by atoms with Crippen LogP contribution in [0.2, 0.25) is 0 Å². The predicted octanol–water partition coefficient (Wildman–Crippen LogP) is 7.52. The second kappa shape index (κ2) is 11.9. The average molecular weight is 669 g/mol. The highest BCUT2D eigenvalue weighted by Crippen LogP contribution is 2.53. The van der Waals surface area contributed by atoms with Crippen molar-refractivity contribution >= 4 is 80.7 Å². The van der Waals surface area contributed by atoms with E-state index in [1.54, 1.807) is 0 Å². The molecule has 0 aliphatic carbocycles. The van der Waals surface area contributed by atoms with Crippen molar-refractivity contribution in [1.82, 2.24) is 9.97 Å². The van der Waals surface area contributed by atoms with Gasteiger partial charge in [-0.15, -0.1) is 0 Å². The molecule has 0 saturated heterocycles. The van der Waals surface area contributed by atoms with Crippen LogP contribution < -0.4 is 31.8 Å². The Morgan fingerprint density at radius 2 is 0.674 bits per heavy atom. The molecule has 2 heterocycles. The largest absolute Gasteiger partial charge is 0.309 e. The van der Waals surface area contributed by atoms with Gasteiger partial charge in [0.05, 0.1) is 11.0 Å². The SMILES string of the molecule is O=P(c1ccccc1)(c1ccccc1)c1cc2c(cc1P(=O)(c1ccccc1)c1ccccc1)Sc1nc3ccccc3nc1S2. The molecule has 0 spiro atoms. The molecule has 7 aromatic rings. The first kappa shape index (κ1) is 29.2. The summed E-state index contributed by atoms with van der Waals surface area (Å²) in [6, 6.07) is 50.3. The average Bonchev–Trinajstić information content (AvgIpc) is 3.13. The zero-order chi connectivity index (χ0) is 31.1. The van der Waals surface area contributed by atoms with Gasteiger partial charge in [-0.05, 0) is 24.3 Å². The fourth-order valence-electron chi connectivity index (χ4n) is 5.92. The maximum atomic E-state index is 16.1. The maximum Gasteiger partial charge on any atom is 0.171 e. The molecular formula is C38H26N2O2P2S2. The van der Waals surface area contributed by atoms with Gasteiger partial charge in [-0.2, -0.15) is 0 Å². The van der Waals surface area contributed by atoms with Crippen molar-refractivity contribution in [1.29, 1.82) is 0 Å². The van der Waals surface area contributed by atoms with E-state index in [0.717, 1.165) is 30.9 Å². The third-order valence-electron chi connectivity index (χ3n) is 8.12. The number of para-hydroxylation sites is 2. The van der Waals surface area contributed by atoms with Crippen LogP contribution in [0.25, 0.3) is 11.0 Å². The smallest absolute Gasteiger partial charge is 0.171 e. The second-order valence-electron chi connectivity index (χ2n) is 10.9. The Morgan fingerprint density at radius 1 is 0.391 bits per heavy atom. The molecule has 0 bridgehead atoms. The van der Waals surface area contributed by atoms with Gasteiger partial charge in [0.1, 0.15) is 10.1 Å². The number of benzene rings is 6. The molecule has 0 saturated carbocycles. The lowest BCUT2D eigenvalue weighted by Gasteiger charge is -2.30. The lowest BCUT2D eigenvalue weighted by atomic mass is 10.3. The van der Waals surface area contributed by atoms with Crippen LogP contribution in [0, 0.1) is 0 Å². The highest BCUT2D eigenvalue weighted by atomic mass is 32.2. The molecule has 46 heavy (non-hydrogen) atoms. The standard InChI is InChI=1S/C38H26N2O2P2S2/c41-43(27-15-5-1-6-16-27,28-17-7-2-8-18-28)33-25-35-36(46-38-37(45-35)39-31-23-13-14-24-32(31)40-38)26-34(33)44(42,29-19-9-3-10-20-29)30-21-11-4-12-22-30/h1-26H. The minimum absolute atomic E-state index is 0.574. The number of hydrogen-bond acceptors (Lipinski definition) is 6. The van der Waals surface area contributed by atoms with E-state index in [9.17, 15) is 0 Å². The molecule has 222 valence electrons. The first-order chi connectivity index (χ1) is 22.5. The van der Waals surface area contributed by atoms with E-state index in [4.69, 9.17) is 9.97 Å². The van der Waals surface area contributed by atoms with Crippen molar-refractivity contribution in [3.63, 3.8) is 0 Å². The van der Waals surface area contributed by atoms with Gasteiger partial charge in [-0.3, -0.25) is 0 Å². The van der Waals surface area contributed by atoms with Crippen LogP contribution in [0.4, 0.5) is 0 Å². The van der Waals surface area contributed by atoms with Crippen molar-refractivity contribution in [3.05, 3.63) is 158 Å². The Morgan fingerprint density at radius 3 is 0.978 bits per heavy atom. The summed E-state index contributed by atoms with van der Waals surface area (Å²) >= 11 is 3.05. The van der Waals surface area contributed by atoms with Crippen molar-refractivity contribution in [2.24, 2.45) is 0 Å². The summed E-state index contributed by atoms with van der Waals surface area (Å²) < 4.78 is 32.2. The van der Waals surface area contributed by atoms with Gasteiger partial charge in [0.2, 0.25) is 0 Å². The minimum atomic E-state index is -3.55. The molecule has 1 aliphatic rings. The second-order valence-corrected chi connectivity index (χ2v) is 18.4. The lowest BCUT2D eigenvalue weighted by molar-refractivity contribution is 0.590. The number of fused-ring (bicyclic) bond motifs is 3. The highest BCUT2D eigenvalue weighted by Gasteiger charge is 2.41. The zero-order valence-corrected chi connectivity index (χ0v) is 27.9. The number of nitrogens with zero attached hydrogens (tertiary/aromatic N) is 2. The summed E-state index contributed by atoms with van der Waals surface area (Å²) in [5, 5.41) is 5.51. The first-order valence-corrected chi connectivity index (χ1v) is 19.8. The summed E-state index contributed by atoms with van der Waals surface area (Å²) in [6.45, 7) is 0. The quantitative estimate of drug-likeness (QED) is 0.171. The summed E-state index contributed by atoms with van der Waals surface area (Å²) in [6.07, 6.45) is 0. The van der Waals surface area contributed by atoms with Crippen LogP contribution in [0.15, 0.2) is 178 Å². The van der Waals surface area contributed by atoms with Gasteiger partial charge in [0.25, 0.3) is 0 Å². The van der Waals surface area contributed by atoms with Crippen LogP contribution in [0.1, 0.15) is 0 Å². The summed E-state index contributed by atoms with van der Waals surface area (Å²) in [7, 11) is -7.10. The topological polar surface area (TPSA) is 59.9 Å². The van der Waals surface area contributed by atoms with Gasteiger partial charge in [0.15, 0.2) is 14.3 Å². The molecule has 0 amide bonds. The minimum Gasteiger partial charge on any atom is -0.309 e. The molecule has 0 fully saturated rings. The van der Waals surface area contributed by atoms with E-state index in [1.165, 1.54) is 23.5 Å². The monoisotopic (exact) mass is 668 g/mol. The Labute approximate surface area is 276 Å². The van der Waals surface area contributed by atoms with Crippen molar-refractivity contribution in [2.45, 2.75) is 19.8 Å². The van der Waals surface area contributed by atoms with Gasteiger partial charge in [-0.1, -0.05) is 157 Å². The molecule has 0 radical (unpaired) electrons. The Kier molecular flexibility index (Phi) is 7.55. The molecule has 4 nitrogen and oxygen atoms in total. The molecule has 8 rings (SSSR count). The normalized spacial score (nSPS) is 12.8. The molecule has 0 atom stereocenters. The Balaban J connectivity index is 1.46. The maximum absolute atomic E-state index is 16.1. The van der Waals surface area contributed by atoms with E-state index in [-0.39, 0.29) is 0 Å². The third-order valence-corrected chi connectivity index (χ3v) is 16.8.